The van der Waals surface area contributed by atoms with E-state index in [1.807, 2.05) is 19.1 Å². The number of carboxylic acids is 1. The lowest BCUT2D eigenvalue weighted by molar-refractivity contribution is -0.114. The van der Waals surface area contributed by atoms with Crippen LogP contribution in [0.2, 0.25) is 0 Å². The Kier molecular flexibility index (Phi) is 9.06. The topological polar surface area (TPSA) is 108 Å². The van der Waals surface area contributed by atoms with Crippen LogP contribution in [0.15, 0.2) is 42.5 Å². The molecule has 0 aromatic heterocycles. The van der Waals surface area contributed by atoms with E-state index >= 15 is 0 Å². The van der Waals surface area contributed by atoms with Gasteiger partial charge >= 0.3 is 5.97 Å². The number of likely N-dealkylation sites (N-methyl/N-ethyl adjacent to an activating group) is 1. The van der Waals surface area contributed by atoms with Gasteiger partial charge in [0, 0.05) is 52.4 Å². The van der Waals surface area contributed by atoms with Crippen LogP contribution in [-0.4, -0.2) is 78.7 Å². The maximum absolute atomic E-state index is 13.4. The quantitative estimate of drug-likeness (QED) is 0.652. The third kappa shape index (κ3) is 6.61. The zero-order valence-electron chi connectivity index (χ0n) is 21.5. The van der Waals surface area contributed by atoms with Gasteiger partial charge in [0.1, 0.15) is 12.4 Å². The molecule has 0 fully saturated rings. The molecule has 3 rings (SSSR count). The highest BCUT2D eigenvalue weighted by Crippen LogP contribution is 2.27. The first-order valence-corrected chi connectivity index (χ1v) is 12.0. The Morgan fingerprint density at radius 1 is 1.17 bits per heavy atom. The molecule has 2 amide bonds. The van der Waals surface area contributed by atoms with Crippen LogP contribution in [0.1, 0.15) is 47.1 Å². The third-order valence-electron chi connectivity index (χ3n) is 6.52. The van der Waals surface area contributed by atoms with Gasteiger partial charge in [-0.15, -0.1) is 0 Å². The van der Waals surface area contributed by atoms with Gasteiger partial charge in [0.15, 0.2) is 0 Å². The number of nitrogens with zero attached hydrogens (tertiary/aromatic N) is 2. The summed E-state index contributed by atoms with van der Waals surface area (Å²) in [5, 5.41) is 12.4. The smallest absolute Gasteiger partial charge is 0.336 e. The van der Waals surface area contributed by atoms with Crippen LogP contribution in [0.5, 0.6) is 5.75 Å². The molecule has 2 aromatic rings. The summed E-state index contributed by atoms with van der Waals surface area (Å²) in [7, 11) is 3.34. The van der Waals surface area contributed by atoms with Gasteiger partial charge in [-0.25, -0.2) is 4.79 Å². The number of nitrogens with one attached hydrogen (secondary N) is 1. The maximum atomic E-state index is 13.4. The molecule has 1 aliphatic heterocycles. The summed E-state index contributed by atoms with van der Waals surface area (Å²) in [4.78, 5) is 40.5. The molecule has 9 nitrogen and oxygen atoms in total. The molecule has 2 N–H and O–H groups in total. The average Bonchev–Trinajstić information content (AvgIpc) is 2.84. The Morgan fingerprint density at radius 3 is 2.56 bits per heavy atom. The normalized spacial score (nSPS) is 21.5. The number of ether oxygens (including phenoxy) is 2. The standard InChI is InChI=1S/C27H35N3O6/c1-17-13-30(14-20-8-6-7-9-22(20)27(33)34)18(2)16-36-24-11-10-21(28-19(3)31)12-23(24)26(32)29(4)15-25(17)35-5/h6-12,17-18,25H,13-16H2,1-5H3,(H,28,31)(H,33,34)/t17-,18+,25+/m1/s1. The summed E-state index contributed by atoms with van der Waals surface area (Å²) in [5.41, 5.74) is 1.85. The van der Waals surface area contributed by atoms with Crippen molar-refractivity contribution in [2.75, 3.05) is 39.2 Å². The number of hydrogen-bond donors (Lipinski definition) is 2. The lowest BCUT2D eigenvalue weighted by atomic mass is 10.00. The number of fused-ring (bicyclic) bond motifs is 1. The lowest BCUT2D eigenvalue weighted by Crippen LogP contribution is -2.46. The van der Waals surface area contributed by atoms with Crippen molar-refractivity contribution in [3.05, 3.63) is 59.2 Å². The molecule has 1 heterocycles. The maximum Gasteiger partial charge on any atom is 0.336 e. The van der Waals surface area contributed by atoms with Crippen LogP contribution < -0.4 is 10.1 Å². The molecule has 0 radical (unpaired) electrons. The molecule has 194 valence electrons. The Balaban J connectivity index is 1.98. The van der Waals surface area contributed by atoms with E-state index < -0.39 is 5.97 Å². The lowest BCUT2D eigenvalue weighted by Gasteiger charge is -2.36. The van der Waals surface area contributed by atoms with Gasteiger partial charge in [-0.1, -0.05) is 25.1 Å². The molecule has 0 saturated heterocycles. The van der Waals surface area contributed by atoms with Gasteiger partial charge < -0.3 is 24.8 Å². The fraction of sp³-hybridized carbons (Fsp3) is 0.444. The summed E-state index contributed by atoms with van der Waals surface area (Å²) in [5.74, 6) is -0.970. The minimum absolute atomic E-state index is 0.0364. The van der Waals surface area contributed by atoms with E-state index in [2.05, 4.69) is 17.1 Å². The van der Waals surface area contributed by atoms with Crippen molar-refractivity contribution in [3.63, 3.8) is 0 Å². The fourth-order valence-electron chi connectivity index (χ4n) is 4.44. The molecule has 1 aliphatic rings. The van der Waals surface area contributed by atoms with Crippen molar-refractivity contribution in [3.8, 4) is 5.75 Å². The SMILES string of the molecule is CO[C@H]1CN(C)C(=O)c2cc(NC(C)=O)ccc2OC[C@H](C)N(Cc2ccccc2C(=O)O)C[C@H]1C. The molecule has 0 saturated carbocycles. The van der Waals surface area contributed by atoms with Crippen LogP contribution in [0.3, 0.4) is 0 Å². The number of carbonyl (C=O) groups is 3. The van der Waals surface area contributed by atoms with E-state index in [0.717, 1.165) is 5.56 Å². The van der Waals surface area contributed by atoms with Crippen molar-refractivity contribution in [2.24, 2.45) is 5.92 Å². The van der Waals surface area contributed by atoms with Crippen molar-refractivity contribution in [1.82, 2.24) is 9.80 Å². The fourth-order valence-corrected chi connectivity index (χ4v) is 4.44. The first-order chi connectivity index (χ1) is 17.1. The monoisotopic (exact) mass is 497 g/mol. The number of hydrogen-bond acceptors (Lipinski definition) is 6. The number of methoxy groups -OCH3 is 1. The molecule has 0 bridgehead atoms. The van der Waals surface area contributed by atoms with Crippen molar-refractivity contribution < 1.29 is 29.0 Å². The van der Waals surface area contributed by atoms with E-state index in [0.29, 0.717) is 36.6 Å². The van der Waals surface area contributed by atoms with E-state index in [9.17, 15) is 19.5 Å². The molecule has 2 aromatic carbocycles. The van der Waals surface area contributed by atoms with Gasteiger partial charge in [0.2, 0.25) is 5.91 Å². The van der Waals surface area contributed by atoms with Gasteiger partial charge in [-0.2, -0.15) is 0 Å². The highest BCUT2D eigenvalue weighted by molar-refractivity contribution is 5.99. The van der Waals surface area contributed by atoms with E-state index in [1.54, 1.807) is 49.4 Å². The van der Waals surface area contributed by atoms with Gasteiger partial charge in [-0.05, 0) is 42.7 Å². The van der Waals surface area contributed by atoms with Crippen molar-refractivity contribution in [2.45, 2.75) is 39.5 Å². The molecule has 36 heavy (non-hydrogen) atoms. The highest BCUT2D eigenvalue weighted by Gasteiger charge is 2.29. The van der Waals surface area contributed by atoms with Gasteiger partial charge in [0.05, 0.1) is 17.2 Å². The molecule has 9 heteroatoms. The van der Waals surface area contributed by atoms with E-state index in [4.69, 9.17) is 9.47 Å². The third-order valence-corrected chi connectivity index (χ3v) is 6.52. The number of anilines is 1. The summed E-state index contributed by atoms with van der Waals surface area (Å²) in [6.07, 6.45) is -0.245. The van der Waals surface area contributed by atoms with Gasteiger partial charge in [0.25, 0.3) is 5.91 Å². The summed E-state index contributed by atoms with van der Waals surface area (Å²) < 4.78 is 11.9. The second kappa shape index (κ2) is 12.0. The molecular weight excluding hydrogens is 462 g/mol. The summed E-state index contributed by atoms with van der Waals surface area (Å²) >= 11 is 0. The zero-order chi connectivity index (χ0) is 26.4. The van der Waals surface area contributed by atoms with Gasteiger partial charge in [-0.3, -0.25) is 14.5 Å². The van der Waals surface area contributed by atoms with Crippen LogP contribution >= 0.6 is 0 Å². The predicted molar refractivity (Wildman–Crippen MR) is 136 cm³/mol. The molecular formula is C27H35N3O6. The number of carboxylic acid groups (broad SMARTS) is 1. The van der Waals surface area contributed by atoms with E-state index in [-0.39, 0.29) is 42.0 Å². The summed E-state index contributed by atoms with van der Waals surface area (Å²) in [6, 6.07) is 11.9. The minimum Gasteiger partial charge on any atom is -0.491 e. The molecule has 0 spiro atoms. The Bertz CT molecular complexity index is 1100. The Labute approximate surface area is 212 Å². The Hall–Kier alpha value is -3.43. The van der Waals surface area contributed by atoms with Crippen LogP contribution in [0.4, 0.5) is 5.69 Å². The summed E-state index contributed by atoms with van der Waals surface area (Å²) in [6.45, 7) is 7.17. The highest BCUT2D eigenvalue weighted by atomic mass is 16.5. The van der Waals surface area contributed by atoms with Crippen molar-refractivity contribution >= 4 is 23.5 Å². The largest absolute Gasteiger partial charge is 0.491 e. The number of benzene rings is 2. The van der Waals surface area contributed by atoms with Crippen LogP contribution in [0.25, 0.3) is 0 Å². The first-order valence-electron chi connectivity index (χ1n) is 12.0. The minimum atomic E-state index is -0.962. The second-order valence-electron chi connectivity index (χ2n) is 9.38. The Morgan fingerprint density at radius 2 is 1.89 bits per heavy atom. The number of amides is 2. The van der Waals surface area contributed by atoms with Crippen LogP contribution in [0, 0.1) is 5.92 Å². The van der Waals surface area contributed by atoms with Crippen molar-refractivity contribution in [1.29, 1.82) is 0 Å². The molecule has 0 unspecified atom stereocenters. The average molecular weight is 498 g/mol. The molecule has 0 aliphatic carbocycles. The van der Waals surface area contributed by atoms with Crippen LogP contribution in [-0.2, 0) is 16.1 Å². The zero-order valence-corrected chi connectivity index (χ0v) is 21.5. The molecule has 3 atom stereocenters. The second-order valence-corrected chi connectivity index (χ2v) is 9.38. The number of carbonyl (C=O) groups excluding carboxylic acids is 2. The van der Waals surface area contributed by atoms with E-state index in [1.165, 1.54) is 6.92 Å². The number of aromatic carboxylic acids is 1. The number of rotatable bonds is 5. The first kappa shape index (κ1) is 27.2. The predicted octanol–water partition coefficient (Wildman–Crippen LogP) is 3.35.